The number of sulfonamides is 1. The van der Waals surface area contributed by atoms with Crippen molar-refractivity contribution in [3.8, 4) is 6.07 Å². The van der Waals surface area contributed by atoms with Gasteiger partial charge in [-0.2, -0.15) is 18.4 Å². The topological polar surface area (TPSA) is 99.1 Å². The van der Waals surface area contributed by atoms with Crippen LogP contribution in [0, 0.1) is 11.3 Å². The van der Waals surface area contributed by atoms with Gasteiger partial charge in [-0.1, -0.05) is 12.1 Å². The van der Waals surface area contributed by atoms with E-state index in [2.05, 4.69) is 10.0 Å². The van der Waals surface area contributed by atoms with Gasteiger partial charge in [0.05, 0.1) is 22.1 Å². The summed E-state index contributed by atoms with van der Waals surface area (Å²) >= 11 is 0. The smallest absolute Gasteiger partial charge is 0.322 e. The van der Waals surface area contributed by atoms with Crippen LogP contribution in [0.25, 0.3) is 0 Å². The normalized spacial score (nSPS) is 11.4. The molecule has 1 amide bonds. The average Bonchev–Trinajstić information content (AvgIpc) is 2.73. The van der Waals surface area contributed by atoms with Crippen molar-refractivity contribution in [1.82, 2.24) is 0 Å². The van der Waals surface area contributed by atoms with E-state index in [4.69, 9.17) is 5.26 Å². The molecule has 2 N–H and O–H groups in total. The van der Waals surface area contributed by atoms with Gasteiger partial charge in [-0.05, 0) is 60.7 Å². The van der Waals surface area contributed by atoms with Gasteiger partial charge in [0.25, 0.3) is 15.9 Å². The molecule has 0 atom stereocenters. The molecule has 3 rings (SSSR count). The second-order valence-corrected chi connectivity index (χ2v) is 8.04. The number of nitrogens with one attached hydrogen (secondary N) is 2. The summed E-state index contributed by atoms with van der Waals surface area (Å²) in [4.78, 5) is 12.2. The first-order valence-corrected chi connectivity index (χ1v) is 10.2. The maximum atomic E-state index is 12.8. The maximum Gasteiger partial charge on any atom is 0.416 e. The van der Waals surface area contributed by atoms with E-state index in [1.54, 1.807) is 0 Å². The first kappa shape index (κ1) is 21.9. The molecule has 0 unspecified atom stereocenters. The molecule has 31 heavy (non-hydrogen) atoms. The maximum absolute atomic E-state index is 12.8. The summed E-state index contributed by atoms with van der Waals surface area (Å²) < 4.78 is 65.9. The molecule has 0 aliphatic carbocycles. The van der Waals surface area contributed by atoms with Crippen LogP contribution >= 0.6 is 0 Å². The number of rotatable bonds is 5. The lowest BCUT2D eigenvalue weighted by atomic mass is 10.2. The van der Waals surface area contributed by atoms with Crippen LogP contribution in [0.5, 0.6) is 0 Å². The van der Waals surface area contributed by atoms with E-state index < -0.39 is 27.7 Å². The molecule has 0 aliphatic rings. The Bertz CT molecular complexity index is 1270. The molecule has 0 bridgehead atoms. The van der Waals surface area contributed by atoms with E-state index >= 15 is 0 Å². The van der Waals surface area contributed by atoms with Crippen LogP contribution in [0.2, 0.25) is 0 Å². The van der Waals surface area contributed by atoms with Gasteiger partial charge in [0.1, 0.15) is 0 Å². The zero-order valence-electron chi connectivity index (χ0n) is 15.6. The number of halogens is 3. The molecular formula is C21H14F3N3O3S. The Hall–Kier alpha value is -3.84. The Labute approximate surface area is 176 Å². The number of carbonyl (C=O) groups excluding carboxylic acids is 1. The Kier molecular flexibility index (Phi) is 5.99. The van der Waals surface area contributed by atoms with Crippen LogP contribution in [0.4, 0.5) is 24.5 Å². The zero-order valence-corrected chi connectivity index (χ0v) is 16.5. The lowest BCUT2D eigenvalue weighted by Gasteiger charge is -2.12. The molecule has 0 saturated heterocycles. The Balaban J connectivity index is 1.81. The number of alkyl halides is 3. The number of anilines is 2. The SMILES string of the molecule is N#Cc1ccc(NC(=O)c2cccc(S(=O)(=O)Nc3cccc(C(F)(F)F)c3)c2)cc1. The molecule has 0 spiro atoms. The number of carbonyl (C=O) groups is 1. The van der Waals surface area contributed by atoms with E-state index in [1.807, 2.05) is 6.07 Å². The number of nitriles is 1. The number of amides is 1. The van der Waals surface area contributed by atoms with Gasteiger partial charge < -0.3 is 5.32 Å². The molecule has 0 radical (unpaired) electrons. The number of benzene rings is 3. The highest BCUT2D eigenvalue weighted by atomic mass is 32.2. The van der Waals surface area contributed by atoms with Gasteiger partial charge in [0.2, 0.25) is 0 Å². The van der Waals surface area contributed by atoms with Crippen molar-refractivity contribution in [2.45, 2.75) is 11.1 Å². The zero-order chi connectivity index (χ0) is 22.6. The highest BCUT2D eigenvalue weighted by Crippen LogP contribution is 2.31. The Morgan fingerprint density at radius 1 is 0.903 bits per heavy atom. The number of hydrogen-bond acceptors (Lipinski definition) is 4. The van der Waals surface area contributed by atoms with Crippen molar-refractivity contribution >= 4 is 27.3 Å². The van der Waals surface area contributed by atoms with Crippen LogP contribution in [0.3, 0.4) is 0 Å². The molecular weight excluding hydrogens is 431 g/mol. The minimum atomic E-state index is -4.62. The number of hydrogen-bond donors (Lipinski definition) is 2. The van der Waals surface area contributed by atoms with E-state index in [9.17, 15) is 26.4 Å². The van der Waals surface area contributed by atoms with Crippen LogP contribution < -0.4 is 10.0 Å². The summed E-state index contributed by atoms with van der Waals surface area (Å²) in [6, 6.07) is 16.8. The third-order valence-electron chi connectivity index (χ3n) is 4.12. The lowest BCUT2D eigenvalue weighted by molar-refractivity contribution is -0.137. The van der Waals surface area contributed by atoms with Crippen molar-refractivity contribution in [3.63, 3.8) is 0 Å². The van der Waals surface area contributed by atoms with Crippen molar-refractivity contribution in [2.24, 2.45) is 0 Å². The second-order valence-electron chi connectivity index (χ2n) is 6.36. The van der Waals surface area contributed by atoms with Crippen molar-refractivity contribution < 1.29 is 26.4 Å². The molecule has 3 aromatic rings. The molecule has 0 saturated carbocycles. The second kappa shape index (κ2) is 8.49. The third-order valence-corrected chi connectivity index (χ3v) is 5.50. The molecule has 0 fully saturated rings. The van der Waals surface area contributed by atoms with Gasteiger partial charge in [0, 0.05) is 16.9 Å². The predicted molar refractivity (Wildman–Crippen MR) is 108 cm³/mol. The van der Waals surface area contributed by atoms with E-state index in [-0.39, 0.29) is 16.1 Å². The van der Waals surface area contributed by atoms with Crippen molar-refractivity contribution in [2.75, 3.05) is 10.0 Å². The Morgan fingerprint density at radius 2 is 1.58 bits per heavy atom. The molecule has 3 aromatic carbocycles. The molecule has 0 aliphatic heterocycles. The fourth-order valence-corrected chi connectivity index (χ4v) is 3.70. The van der Waals surface area contributed by atoms with E-state index in [1.165, 1.54) is 48.5 Å². The van der Waals surface area contributed by atoms with Gasteiger partial charge in [0.15, 0.2) is 0 Å². The van der Waals surface area contributed by atoms with Crippen molar-refractivity contribution in [1.29, 1.82) is 5.26 Å². The van der Waals surface area contributed by atoms with Crippen LogP contribution in [-0.4, -0.2) is 14.3 Å². The van der Waals surface area contributed by atoms with E-state index in [0.29, 0.717) is 17.3 Å². The summed E-state index contributed by atoms with van der Waals surface area (Å²) in [6.07, 6.45) is -4.62. The standard InChI is InChI=1S/C21H14F3N3O3S/c22-21(23,24)16-4-2-5-18(12-16)27-31(29,30)19-6-1-3-15(11-19)20(28)26-17-9-7-14(13-25)8-10-17/h1-12,27H,(H,26,28). The van der Waals surface area contributed by atoms with Gasteiger partial charge in [-0.15, -0.1) is 0 Å². The fourth-order valence-electron chi connectivity index (χ4n) is 2.61. The Morgan fingerprint density at radius 3 is 2.23 bits per heavy atom. The average molecular weight is 445 g/mol. The van der Waals surface area contributed by atoms with Crippen LogP contribution in [0.1, 0.15) is 21.5 Å². The monoisotopic (exact) mass is 445 g/mol. The molecule has 0 aromatic heterocycles. The first-order chi connectivity index (χ1) is 14.6. The van der Waals surface area contributed by atoms with Crippen molar-refractivity contribution in [3.05, 3.63) is 89.5 Å². The van der Waals surface area contributed by atoms with Gasteiger partial charge in [-0.25, -0.2) is 8.42 Å². The minimum absolute atomic E-state index is 0.0243. The minimum Gasteiger partial charge on any atom is -0.322 e. The quantitative estimate of drug-likeness (QED) is 0.598. The lowest BCUT2D eigenvalue weighted by Crippen LogP contribution is -2.16. The molecule has 10 heteroatoms. The summed E-state index contributed by atoms with van der Waals surface area (Å²) in [6.45, 7) is 0. The molecule has 6 nitrogen and oxygen atoms in total. The molecule has 158 valence electrons. The van der Waals surface area contributed by atoms with Crippen LogP contribution in [-0.2, 0) is 16.2 Å². The predicted octanol–water partition coefficient (Wildman–Crippen LogP) is 4.63. The summed E-state index contributed by atoms with van der Waals surface area (Å²) in [5, 5.41) is 11.4. The first-order valence-electron chi connectivity index (χ1n) is 8.70. The summed E-state index contributed by atoms with van der Waals surface area (Å²) in [5.74, 6) is -0.596. The summed E-state index contributed by atoms with van der Waals surface area (Å²) in [7, 11) is -4.25. The van der Waals surface area contributed by atoms with Crippen LogP contribution in [0.15, 0.2) is 77.7 Å². The third kappa shape index (κ3) is 5.40. The number of nitrogens with zero attached hydrogens (tertiary/aromatic N) is 1. The summed E-state index contributed by atoms with van der Waals surface area (Å²) in [5.41, 5.74) is -0.423. The highest BCUT2D eigenvalue weighted by molar-refractivity contribution is 7.92. The molecule has 0 heterocycles. The fraction of sp³-hybridized carbons (Fsp3) is 0.0476. The van der Waals surface area contributed by atoms with E-state index in [0.717, 1.165) is 18.2 Å². The van der Waals surface area contributed by atoms with Gasteiger partial charge >= 0.3 is 6.18 Å². The largest absolute Gasteiger partial charge is 0.416 e. The highest BCUT2D eigenvalue weighted by Gasteiger charge is 2.30. The van der Waals surface area contributed by atoms with Gasteiger partial charge in [-0.3, -0.25) is 9.52 Å².